The number of benzene rings is 1. The SMILES string of the molecule is N=C(N)c1cc(F)ccc1CSc1ccncn1. The van der Waals surface area contributed by atoms with Crippen LogP contribution in [0.5, 0.6) is 0 Å². The number of halogens is 1. The summed E-state index contributed by atoms with van der Waals surface area (Å²) in [7, 11) is 0. The van der Waals surface area contributed by atoms with Crippen LogP contribution in [0.4, 0.5) is 4.39 Å². The Hall–Kier alpha value is -1.95. The minimum atomic E-state index is -0.393. The van der Waals surface area contributed by atoms with Crippen molar-refractivity contribution in [3.8, 4) is 0 Å². The molecule has 1 aromatic heterocycles. The third-order valence-corrected chi connectivity index (χ3v) is 3.29. The van der Waals surface area contributed by atoms with Crippen molar-refractivity contribution < 1.29 is 4.39 Å². The predicted octanol–water partition coefficient (Wildman–Crippen LogP) is 2.19. The smallest absolute Gasteiger partial charge is 0.123 e. The largest absolute Gasteiger partial charge is 0.384 e. The average molecular weight is 262 g/mol. The summed E-state index contributed by atoms with van der Waals surface area (Å²) < 4.78 is 13.1. The van der Waals surface area contributed by atoms with Gasteiger partial charge in [0.05, 0.1) is 5.03 Å². The van der Waals surface area contributed by atoms with Crippen molar-refractivity contribution in [2.24, 2.45) is 5.73 Å². The van der Waals surface area contributed by atoms with Crippen molar-refractivity contribution in [1.82, 2.24) is 9.97 Å². The summed E-state index contributed by atoms with van der Waals surface area (Å²) in [6.45, 7) is 0. The fourth-order valence-corrected chi connectivity index (χ4v) is 2.27. The monoisotopic (exact) mass is 262 g/mol. The van der Waals surface area contributed by atoms with E-state index < -0.39 is 5.82 Å². The summed E-state index contributed by atoms with van der Waals surface area (Å²) in [5, 5.41) is 8.26. The molecule has 6 heteroatoms. The molecule has 0 saturated carbocycles. The molecule has 0 saturated heterocycles. The molecule has 0 amide bonds. The Labute approximate surface area is 108 Å². The number of amidine groups is 1. The molecule has 0 aliphatic carbocycles. The molecule has 0 atom stereocenters. The molecule has 0 unspecified atom stereocenters. The fraction of sp³-hybridized carbons (Fsp3) is 0.0833. The van der Waals surface area contributed by atoms with Crippen LogP contribution in [-0.4, -0.2) is 15.8 Å². The van der Waals surface area contributed by atoms with E-state index in [0.29, 0.717) is 11.3 Å². The lowest BCUT2D eigenvalue weighted by Crippen LogP contribution is -2.13. The molecule has 1 aromatic carbocycles. The maximum atomic E-state index is 13.1. The first kappa shape index (κ1) is 12.5. The van der Waals surface area contributed by atoms with Gasteiger partial charge in [0.25, 0.3) is 0 Å². The average Bonchev–Trinajstić information content (AvgIpc) is 2.38. The van der Waals surface area contributed by atoms with E-state index in [2.05, 4.69) is 9.97 Å². The van der Waals surface area contributed by atoms with Crippen molar-refractivity contribution in [2.75, 3.05) is 0 Å². The highest BCUT2D eigenvalue weighted by atomic mass is 32.2. The number of nitrogens with two attached hydrogens (primary N) is 1. The number of nitrogens with zero attached hydrogens (tertiary/aromatic N) is 2. The molecule has 4 nitrogen and oxygen atoms in total. The van der Waals surface area contributed by atoms with Gasteiger partial charge in [-0.15, -0.1) is 11.8 Å². The normalized spacial score (nSPS) is 10.3. The maximum Gasteiger partial charge on any atom is 0.123 e. The standard InChI is InChI=1S/C12H11FN4S/c13-9-2-1-8(10(5-9)12(14)15)6-18-11-3-4-16-7-17-11/h1-5,7H,6H2,(H3,14,15). The van der Waals surface area contributed by atoms with E-state index in [1.807, 2.05) is 0 Å². The van der Waals surface area contributed by atoms with E-state index in [-0.39, 0.29) is 5.84 Å². The molecule has 0 aliphatic heterocycles. The Morgan fingerprint density at radius 3 is 2.89 bits per heavy atom. The zero-order chi connectivity index (χ0) is 13.0. The molecule has 92 valence electrons. The lowest BCUT2D eigenvalue weighted by atomic mass is 10.1. The van der Waals surface area contributed by atoms with Gasteiger partial charge in [0.1, 0.15) is 18.0 Å². The van der Waals surface area contributed by atoms with E-state index in [1.54, 1.807) is 18.3 Å². The molecule has 0 fully saturated rings. The van der Waals surface area contributed by atoms with Crippen LogP contribution < -0.4 is 5.73 Å². The van der Waals surface area contributed by atoms with Crippen LogP contribution in [0.15, 0.2) is 41.8 Å². The summed E-state index contributed by atoms with van der Waals surface area (Å²) in [5.41, 5.74) is 6.67. The van der Waals surface area contributed by atoms with E-state index in [0.717, 1.165) is 10.6 Å². The van der Waals surface area contributed by atoms with Gasteiger partial charge in [-0.2, -0.15) is 0 Å². The zero-order valence-corrected chi connectivity index (χ0v) is 10.2. The minimum absolute atomic E-state index is 0.132. The molecule has 0 aliphatic rings. The summed E-state index contributed by atoms with van der Waals surface area (Å²) in [5.74, 6) is 0.0513. The number of nitrogens with one attached hydrogen (secondary N) is 1. The van der Waals surface area contributed by atoms with Crippen LogP contribution in [0.1, 0.15) is 11.1 Å². The summed E-state index contributed by atoms with van der Waals surface area (Å²) in [6, 6.07) is 6.07. The fourth-order valence-electron chi connectivity index (χ4n) is 1.44. The summed E-state index contributed by atoms with van der Waals surface area (Å²) in [4.78, 5) is 7.91. The Morgan fingerprint density at radius 2 is 2.22 bits per heavy atom. The van der Waals surface area contributed by atoms with Crippen molar-refractivity contribution in [2.45, 2.75) is 10.8 Å². The molecule has 0 spiro atoms. The van der Waals surface area contributed by atoms with Crippen LogP contribution in [0.2, 0.25) is 0 Å². The molecular formula is C12H11FN4S. The zero-order valence-electron chi connectivity index (χ0n) is 9.43. The third-order valence-electron chi connectivity index (χ3n) is 2.29. The molecule has 2 aromatic rings. The van der Waals surface area contributed by atoms with Gasteiger partial charge in [-0.25, -0.2) is 14.4 Å². The summed E-state index contributed by atoms with van der Waals surface area (Å²) in [6.07, 6.45) is 3.13. The maximum absolute atomic E-state index is 13.1. The van der Waals surface area contributed by atoms with Crippen LogP contribution in [0, 0.1) is 11.2 Å². The first-order chi connectivity index (χ1) is 8.66. The number of hydrogen-bond acceptors (Lipinski definition) is 4. The van der Waals surface area contributed by atoms with Gasteiger partial charge in [0, 0.05) is 17.5 Å². The molecule has 0 bridgehead atoms. The van der Waals surface area contributed by atoms with Gasteiger partial charge < -0.3 is 5.73 Å². The van der Waals surface area contributed by atoms with Gasteiger partial charge in [-0.05, 0) is 23.8 Å². The second kappa shape index (κ2) is 5.59. The van der Waals surface area contributed by atoms with E-state index in [4.69, 9.17) is 11.1 Å². The Bertz CT molecular complexity index is 559. The molecule has 1 heterocycles. The van der Waals surface area contributed by atoms with Crippen LogP contribution in [0.25, 0.3) is 0 Å². The van der Waals surface area contributed by atoms with Gasteiger partial charge in [0.2, 0.25) is 0 Å². The van der Waals surface area contributed by atoms with Crippen molar-refractivity contribution >= 4 is 17.6 Å². The Kier molecular flexibility index (Phi) is 3.88. The number of rotatable bonds is 4. The second-order valence-corrected chi connectivity index (χ2v) is 4.55. The highest BCUT2D eigenvalue weighted by Crippen LogP contribution is 2.22. The van der Waals surface area contributed by atoms with Gasteiger partial charge >= 0.3 is 0 Å². The number of thioether (sulfide) groups is 1. The molecular weight excluding hydrogens is 251 g/mol. The first-order valence-electron chi connectivity index (χ1n) is 5.18. The van der Waals surface area contributed by atoms with Crippen LogP contribution in [0.3, 0.4) is 0 Å². The number of aromatic nitrogens is 2. The second-order valence-electron chi connectivity index (χ2n) is 3.55. The van der Waals surface area contributed by atoms with Gasteiger partial charge in [-0.3, -0.25) is 5.41 Å². The van der Waals surface area contributed by atoms with Gasteiger partial charge in [-0.1, -0.05) is 6.07 Å². The molecule has 0 radical (unpaired) electrons. The third kappa shape index (κ3) is 3.04. The highest BCUT2D eigenvalue weighted by Gasteiger charge is 2.07. The van der Waals surface area contributed by atoms with Crippen LogP contribution >= 0.6 is 11.8 Å². The van der Waals surface area contributed by atoms with Crippen LogP contribution in [-0.2, 0) is 5.75 Å². The highest BCUT2D eigenvalue weighted by molar-refractivity contribution is 7.98. The topological polar surface area (TPSA) is 75.7 Å². The molecule has 3 N–H and O–H groups in total. The molecule has 2 rings (SSSR count). The minimum Gasteiger partial charge on any atom is -0.384 e. The first-order valence-corrected chi connectivity index (χ1v) is 6.17. The lowest BCUT2D eigenvalue weighted by Gasteiger charge is -2.07. The van der Waals surface area contributed by atoms with Crippen molar-refractivity contribution in [3.63, 3.8) is 0 Å². The quantitative estimate of drug-likeness (QED) is 0.383. The number of nitrogen functional groups attached to an aromatic ring is 1. The predicted molar refractivity (Wildman–Crippen MR) is 69.0 cm³/mol. The lowest BCUT2D eigenvalue weighted by molar-refractivity contribution is 0.627. The van der Waals surface area contributed by atoms with E-state index >= 15 is 0 Å². The molecule has 18 heavy (non-hydrogen) atoms. The summed E-state index contributed by atoms with van der Waals surface area (Å²) >= 11 is 1.49. The van der Waals surface area contributed by atoms with Gasteiger partial charge in [0.15, 0.2) is 0 Å². The van der Waals surface area contributed by atoms with Crippen molar-refractivity contribution in [1.29, 1.82) is 5.41 Å². The Balaban J connectivity index is 2.17. The Morgan fingerprint density at radius 1 is 1.39 bits per heavy atom. The number of hydrogen-bond donors (Lipinski definition) is 2. The van der Waals surface area contributed by atoms with E-state index in [1.165, 1.54) is 30.2 Å². The van der Waals surface area contributed by atoms with Crippen molar-refractivity contribution in [3.05, 3.63) is 53.7 Å². The van der Waals surface area contributed by atoms with E-state index in [9.17, 15) is 4.39 Å².